The third kappa shape index (κ3) is 6.59. The van der Waals surface area contributed by atoms with Gasteiger partial charge in [0.1, 0.15) is 11.6 Å². The number of rotatable bonds is 5. The highest BCUT2D eigenvalue weighted by molar-refractivity contribution is 8.77. The molecule has 2 nitrogen and oxygen atoms in total. The van der Waals surface area contributed by atoms with Gasteiger partial charge in [0.05, 0.1) is 11.5 Å². The lowest BCUT2D eigenvalue weighted by Crippen LogP contribution is -2.23. The van der Waals surface area contributed by atoms with Crippen molar-refractivity contribution in [2.45, 2.75) is 41.5 Å². The van der Waals surface area contributed by atoms with E-state index in [-0.39, 0.29) is 22.4 Å². The van der Waals surface area contributed by atoms with Crippen LogP contribution in [0.5, 0.6) is 0 Å². The lowest BCUT2D eigenvalue weighted by Gasteiger charge is -2.17. The summed E-state index contributed by atoms with van der Waals surface area (Å²) in [4.78, 5) is 23.2. The highest BCUT2D eigenvalue weighted by Gasteiger charge is 2.23. The molecular formula is C12H22O2S2. The average molecular weight is 262 g/mol. The molecule has 4 heteroatoms. The molecule has 0 aliphatic rings. The lowest BCUT2D eigenvalue weighted by atomic mass is 9.92. The zero-order chi connectivity index (χ0) is 13.0. The molecule has 0 aromatic rings. The molecule has 16 heavy (non-hydrogen) atoms. The maximum atomic E-state index is 11.6. The number of hydrogen-bond acceptors (Lipinski definition) is 4. The lowest BCUT2D eigenvalue weighted by molar-refractivity contribution is -0.124. The van der Waals surface area contributed by atoms with Crippen molar-refractivity contribution in [3.63, 3.8) is 0 Å². The quantitative estimate of drug-likeness (QED) is 0.560. The van der Waals surface area contributed by atoms with E-state index in [1.54, 1.807) is 0 Å². The fourth-order valence-corrected chi connectivity index (χ4v) is 3.01. The first-order chi connectivity index (χ1) is 7.05. The molecule has 0 fully saturated rings. The Hall–Kier alpha value is 0.0400. The van der Waals surface area contributed by atoms with Crippen LogP contribution in [0.4, 0.5) is 0 Å². The molecule has 0 aliphatic carbocycles. The van der Waals surface area contributed by atoms with Crippen LogP contribution in [-0.2, 0) is 9.59 Å². The molecule has 0 saturated heterocycles. The van der Waals surface area contributed by atoms with E-state index in [9.17, 15) is 9.59 Å². The van der Waals surface area contributed by atoms with Crippen molar-refractivity contribution in [2.24, 2.45) is 10.8 Å². The molecular weight excluding hydrogens is 240 g/mol. The number of carbonyl (C=O) groups excluding carboxylic acids is 2. The molecule has 0 aromatic heterocycles. The third-order valence-electron chi connectivity index (χ3n) is 2.14. The van der Waals surface area contributed by atoms with Crippen molar-refractivity contribution in [2.75, 3.05) is 11.5 Å². The molecule has 0 amide bonds. The van der Waals surface area contributed by atoms with Crippen molar-refractivity contribution < 1.29 is 9.59 Å². The van der Waals surface area contributed by atoms with Crippen molar-refractivity contribution in [1.82, 2.24) is 0 Å². The molecule has 0 atom stereocenters. The van der Waals surface area contributed by atoms with Crippen LogP contribution in [0.25, 0.3) is 0 Å². The average Bonchev–Trinajstić information content (AvgIpc) is 2.08. The predicted octanol–water partition coefficient (Wildman–Crippen LogP) is 3.60. The van der Waals surface area contributed by atoms with E-state index in [0.717, 1.165) is 0 Å². The fourth-order valence-electron chi connectivity index (χ4n) is 0.623. The number of ketones is 2. The topological polar surface area (TPSA) is 34.1 Å². The Morgan fingerprint density at radius 1 is 0.750 bits per heavy atom. The molecule has 0 aromatic carbocycles. The first-order valence-corrected chi connectivity index (χ1v) is 7.85. The van der Waals surface area contributed by atoms with Gasteiger partial charge < -0.3 is 0 Å². The summed E-state index contributed by atoms with van der Waals surface area (Å²) in [6.45, 7) is 11.5. The fraction of sp³-hybridized carbons (Fsp3) is 0.833. The first kappa shape index (κ1) is 16.0. The Morgan fingerprint density at radius 3 is 1.19 bits per heavy atom. The van der Waals surface area contributed by atoms with Crippen LogP contribution >= 0.6 is 21.6 Å². The predicted molar refractivity (Wildman–Crippen MR) is 73.8 cm³/mol. The Labute approximate surface area is 107 Å². The van der Waals surface area contributed by atoms with Crippen molar-refractivity contribution >= 4 is 33.2 Å². The summed E-state index contributed by atoms with van der Waals surface area (Å²) in [7, 11) is 2.96. The molecule has 0 rings (SSSR count). The minimum atomic E-state index is -0.276. The summed E-state index contributed by atoms with van der Waals surface area (Å²) in [5, 5.41) is 0. The number of Topliss-reactive ketones (excluding diaryl/α,β-unsaturated/α-hetero) is 2. The van der Waals surface area contributed by atoms with Crippen LogP contribution in [0, 0.1) is 10.8 Å². The van der Waals surface area contributed by atoms with E-state index < -0.39 is 0 Å². The van der Waals surface area contributed by atoms with Gasteiger partial charge in [-0.05, 0) is 0 Å². The van der Waals surface area contributed by atoms with E-state index in [0.29, 0.717) is 11.5 Å². The second-order valence-electron chi connectivity index (χ2n) is 5.87. The van der Waals surface area contributed by atoms with Crippen molar-refractivity contribution in [3.8, 4) is 0 Å². The SMILES string of the molecule is CC(C)(C)C(=O)CSSCC(=O)C(C)(C)C. The normalized spacial score (nSPS) is 12.6. The summed E-state index contributed by atoms with van der Waals surface area (Å²) in [6, 6.07) is 0. The smallest absolute Gasteiger partial charge is 0.148 e. The van der Waals surface area contributed by atoms with E-state index in [1.165, 1.54) is 21.6 Å². The van der Waals surface area contributed by atoms with Gasteiger partial charge in [-0.3, -0.25) is 9.59 Å². The second kappa shape index (κ2) is 6.10. The van der Waals surface area contributed by atoms with E-state index in [2.05, 4.69) is 0 Å². The Balaban J connectivity index is 3.79. The molecule has 0 N–H and O–H groups in total. The highest BCUT2D eigenvalue weighted by Crippen LogP contribution is 2.28. The van der Waals surface area contributed by atoms with Gasteiger partial charge in [-0.2, -0.15) is 0 Å². The summed E-state index contributed by atoms with van der Waals surface area (Å²) in [6.07, 6.45) is 0. The van der Waals surface area contributed by atoms with Gasteiger partial charge in [-0.15, -0.1) is 0 Å². The summed E-state index contributed by atoms with van der Waals surface area (Å²) < 4.78 is 0. The molecule has 0 heterocycles. The Bertz CT molecular complexity index is 231. The zero-order valence-electron chi connectivity index (χ0n) is 11.0. The molecule has 0 unspecified atom stereocenters. The van der Waals surface area contributed by atoms with Gasteiger partial charge in [-0.1, -0.05) is 63.1 Å². The maximum absolute atomic E-state index is 11.6. The van der Waals surface area contributed by atoms with Gasteiger partial charge in [0.25, 0.3) is 0 Å². The molecule has 0 radical (unpaired) electrons. The Morgan fingerprint density at radius 2 is 1.00 bits per heavy atom. The van der Waals surface area contributed by atoms with Gasteiger partial charge in [0.2, 0.25) is 0 Å². The van der Waals surface area contributed by atoms with Crippen molar-refractivity contribution in [3.05, 3.63) is 0 Å². The highest BCUT2D eigenvalue weighted by atomic mass is 33.1. The van der Waals surface area contributed by atoms with Crippen LogP contribution < -0.4 is 0 Å². The zero-order valence-corrected chi connectivity index (χ0v) is 12.7. The number of hydrogen-bond donors (Lipinski definition) is 0. The van der Waals surface area contributed by atoms with Gasteiger partial charge in [0.15, 0.2) is 0 Å². The number of carbonyl (C=O) groups is 2. The first-order valence-electron chi connectivity index (χ1n) is 5.36. The minimum absolute atomic E-state index is 0.230. The van der Waals surface area contributed by atoms with Crippen LogP contribution in [0.1, 0.15) is 41.5 Å². The van der Waals surface area contributed by atoms with Crippen LogP contribution in [-0.4, -0.2) is 23.1 Å². The molecule has 0 bridgehead atoms. The van der Waals surface area contributed by atoms with Gasteiger partial charge >= 0.3 is 0 Å². The molecule has 0 aliphatic heterocycles. The van der Waals surface area contributed by atoms with E-state index in [4.69, 9.17) is 0 Å². The molecule has 0 saturated carbocycles. The minimum Gasteiger partial charge on any atom is -0.298 e. The van der Waals surface area contributed by atoms with Gasteiger partial charge in [0, 0.05) is 10.8 Å². The van der Waals surface area contributed by atoms with E-state index >= 15 is 0 Å². The monoisotopic (exact) mass is 262 g/mol. The van der Waals surface area contributed by atoms with Crippen LogP contribution in [0.15, 0.2) is 0 Å². The molecule has 0 spiro atoms. The van der Waals surface area contributed by atoms with Gasteiger partial charge in [-0.25, -0.2) is 0 Å². The maximum Gasteiger partial charge on any atom is 0.148 e. The van der Waals surface area contributed by atoms with E-state index in [1.807, 2.05) is 41.5 Å². The largest absolute Gasteiger partial charge is 0.298 e. The standard InChI is InChI=1S/C12H22O2S2/c1-11(2,3)9(13)7-15-16-8-10(14)12(4,5)6/h7-8H2,1-6H3. The summed E-state index contributed by atoms with van der Waals surface area (Å²) >= 11 is 0. The van der Waals surface area contributed by atoms with Crippen LogP contribution in [0.3, 0.4) is 0 Å². The van der Waals surface area contributed by atoms with Crippen molar-refractivity contribution in [1.29, 1.82) is 0 Å². The third-order valence-corrected chi connectivity index (χ3v) is 4.27. The second-order valence-corrected chi connectivity index (χ2v) is 8.33. The Kier molecular flexibility index (Phi) is 6.12. The van der Waals surface area contributed by atoms with Crippen LogP contribution in [0.2, 0.25) is 0 Å². The summed E-state index contributed by atoms with van der Waals surface area (Å²) in [5.74, 6) is 1.42. The molecule has 94 valence electrons. The summed E-state index contributed by atoms with van der Waals surface area (Å²) in [5.41, 5.74) is -0.552.